The van der Waals surface area contributed by atoms with Gasteiger partial charge in [0.25, 0.3) is 0 Å². The Morgan fingerprint density at radius 2 is 1.57 bits per heavy atom. The monoisotopic (exact) mass is 826 g/mol. The van der Waals surface area contributed by atoms with Crippen molar-refractivity contribution in [3.8, 4) is 0 Å². The molecule has 0 radical (unpaired) electrons. The second-order valence-electron chi connectivity index (χ2n) is 11.6. The summed E-state index contributed by atoms with van der Waals surface area (Å²) in [5.74, 6) is -1.20. The van der Waals surface area contributed by atoms with Crippen LogP contribution in [0.25, 0.3) is 0 Å². The lowest BCUT2D eigenvalue weighted by atomic mass is 10.0. The summed E-state index contributed by atoms with van der Waals surface area (Å²) in [4.78, 5) is 42.7. The van der Waals surface area contributed by atoms with Gasteiger partial charge in [0.05, 0.1) is 11.6 Å². The molecule has 12 nitrogen and oxygen atoms in total. The average molecular weight is 829 g/mol. The molecule has 1 fully saturated rings. The van der Waals surface area contributed by atoms with Crippen molar-refractivity contribution in [1.82, 2.24) is 20.3 Å². The zero-order valence-corrected chi connectivity index (χ0v) is 32.1. The van der Waals surface area contributed by atoms with Gasteiger partial charge in [0.15, 0.2) is 6.29 Å². The van der Waals surface area contributed by atoms with E-state index in [1.54, 1.807) is 29.2 Å². The summed E-state index contributed by atoms with van der Waals surface area (Å²) in [5.41, 5.74) is 1.45. The topological polar surface area (TPSA) is 152 Å². The molecule has 16 heteroatoms. The smallest absolute Gasteiger partial charge is 0.408 e. The molecule has 0 spiro atoms. The molecule has 3 N–H and O–H groups in total. The molecule has 2 unspecified atom stereocenters. The van der Waals surface area contributed by atoms with Crippen LogP contribution in [0.4, 0.5) is 4.79 Å². The lowest BCUT2D eigenvalue weighted by Crippen LogP contribution is -2.58. The number of sulfonamides is 1. The first kappa shape index (κ1) is 40.5. The van der Waals surface area contributed by atoms with Crippen LogP contribution < -0.4 is 15.4 Å². The van der Waals surface area contributed by atoms with Crippen molar-refractivity contribution in [3.05, 3.63) is 98.4 Å². The fourth-order valence-electron chi connectivity index (χ4n) is 5.10. The summed E-state index contributed by atoms with van der Waals surface area (Å²) in [6.45, 7) is 3.86. The first-order valence-electron chi connectivity index (χ1n) is 16.4. The Balaban J connectivity index is 1.59. The standard InChI is InChI=1S/C35H41BrCl2N4O8S/c1-3-48-32(49-4-2)21-42(27-15-16-27)34(44)29(18-23-10-12-25(36)13-11-23)40-33(43)30(41-35(45)50-22-24-8-6-5-7-9-24)20-39-51(46,47)31-17-14-26(37)19-28(31)38/h5-14,17,19,27,29-30,32,39H,3-4,15-16,18,20-22H2,1-2H3,(H,40,43)(H,41,45). The predicted octanol–water partition coefficient (Wildman–Crippen LogP) is 5.45. The molecule has 276 valence electrons. The molecule has 3 aromatic carbocycles. The van der Waals surface area contributed by atoms with Gasteiger partial charge in [-0.05, 0) is 68.1 Å². The molecular weight excluding hydrogens is 787 g/mol. The number of hydrogen-bond acceptors (Lipinski definition) is 8. The Morgan fingerprint density at radius 1 is 0.902 bits per heavy atom. The Labute approximate surface area is 316 Å². The van der Waals surface area contributed by atoms with Crippen molar-refractivity contribution in [2.24, 2.45) is 0 Å². The molecule has 0 saturated heterocycles. The molecule has 2 atom stereocenters. The van der Waals surface area contributed by atoms with E-state index in [0.29, 0.717) is 18.8 Å². The van der Waals surface area contributed by atoms with Crippen LogP contribution in [0.2, 0.25) is 10.0 Å². The second kappa shape index (κ2) is 19.6. The predicted molar refractivity (Wildman–Crippen MR) is 197 cm³/mol. The summed E-state index contributed by atoms with van der Waals surface area (Å²) in [7, 11) is -4.29. The number of ether oxygens (including phenoxy) is 3. The first-order valence-corrected chi connectivity index (χ1v) is 19.4. The van der Waals surface area contributed by atoms with Gasteiger partial charge < -0.3 is 29.7 Å². The molecule has 1 aliphatic rings. The molecule has 0 bridgehead atoms. The number of carbonyl (C=O) groups is 3. The Hall–Kier alpha value is -3.24. The second-order valence-corrected chi connectivity index (χ2v) is 15.1. The number of nitrogens with one attached hydrogen (secondary N) is 3. The van der Waals surface area contributed by atoms with Crippen LogP contribution in [0.5, 0.6) is 0 Å². The zero-order valence-electron chi connectivity index (χ0n) is 28.1. The molecule has 3 aromatic rings. The van der Waals surface area contributed by atoms with Gasteiger partial charge in [0.2, 0.25) is 21.8 Å². The molecule has 51 heavy (non-hydrogen) atoms. The van der Waals surface area contributed by atoms with E-state index in [1.807, 2.05) is 44.2 Å². The largest absolute Gasteiger partial charge is 0.445 e. The van der Waals surface area contributed by atoms with Crippen LogP contribution in [0.1, 0.15) is 37.8 Å². The molecule has 1 saturated carbocycles. The van der Waals surface area contributed by atoms with Gasteiger partial charge >= 0.3 is 6.09 Å². The number of nitrogens with zero attached hydrogens (tertiary/aromatic N) is 1. The third kappa shape index (κ3) is 12.7. The Bertz CT molecular complexity index is 1730. The van der Waals surface area contributed by atoms with Gasteiger partial charge in [0.1, 0.15) is 23.6 Å². The van der Waals surface area contributed by atoms with Crippen LogP contribution in [0.3, 0.4) is 0 Å². The molecular formula is C35H41BrCl2N4O8S. The van der Waals surface area contributed by atoms with Crippen molar-refractivity contribution in [3.63, 3.8) is 0 Å². The summed E-state index contributed by atoms with van der Waals surface area (Å²) < 4.78 is 46.5. The Kier molecular flexibility index (Phi) is 15.5. The van der Waals surface area contributed by atoms with Crippen molar-refractivity contribution in [1.29, 1.82) is 0 Å². The minimum absolute atomic E-state index is 0.0666. The molecule has 3 amide bonds. The number of amides is 3. The highest BCUT2D eigenvalue weighted by molar-refractivity contribution is 9.10. The van der Waals surface area contributed by atoms with E-state index < -0.39 is 46.9 Å². The molecule has 0 heterocycles. The third-order valence-corrected chi connectivity index (χ3v) is 10.4. The van der Waals surface area contributed by atoms with E-state index in [9.17, 15) is 22.8 Å². The molecule has 4 rings (SSSR count). The number of rotatable bonds is 19. The maximum absolute atomic E-state index is 14.3. The maximum atomic E-state index is 14.3. The fraction of sp³-hybridized carbons (Fsp3) is 0.400. The van der Waals surface area contributed by atoms with Gasteiger partial charge in [-0.3, -0.25) is 9.59 Å². The van der Waals surface area contributed by atoms with E-state index in [2.05, 4.69) is 31.3 Å². The van der Waals surface area contributed by atoms with E-state index in [0.717, 1.165) is 22.9 Å². The van der Waals surface area contributed by atoms with Crippen LogP contribution in [-0.4, -0.2) is 81.9 Å². The van der Waals surface area contributed by atoms with E-state index in [4.69, 9.17) is 37.4 Å². The van der Waals surface area contributed by atoms with Gasteiger partial charge in [-0.25, -0.2) is 17.9 Å². The van der Waals surface area contributed by atoms with Gasteiger partial charge in [0, 0.05) is 41.7 Å². The molecule has 1 aliphatic carbocycles. The molecule has 0 aliphatic heterocycles. The first-order chi connectivity index (χ1) is 24.4. The number of benzene rings is 3. The summed E-state index contributed by atoms with van der Waals surface area (Å²) in [6, 6.07) is 17.3. The van der Waals surface area contributed by atoms with Crippen molar-refractivity contribution in [2.75, 3.05) is 26.3 Å². The zero-order chi connectivity index (χ0) is 37.0. The van der Waals surface area contributed by atoms with E-state index >= 15 is 0 Å². The van der Waals surface area contributed by atoms with Crippen molar-refractivity contribution < 1.29 is 37.0 Å². The number of halogens is 3. The highest BCUT2D eigenvalue weighted by atomic mass is 79.9. The highest BCUT2D eigenvalue weighted by Crippen LogP contribution is 2.29. The van der Waals surface area contributed by atoms with Crippen LogP contribution in [0, 0.1) is 0 Å². The maximum Gasteiger partial charge on any atom is 0.408 e. The van der Waals surface area contributed by atoms with Crippen molar-refractivity contribution in [2.45, 2.75) is 69.0 Å². The minimum atomic E-state index is -4.29. The van der Waals surface area contributed by atoms with Gasteiger partial charge in [-0.15, -0.1) is 0 Å². The summed E-state index contributed by atoms with van der Waals surface area (Å²) in [6.07, 6.45) is 0.0159. The van der Waals surface area contributed by atoms with Gasteiger partial charge in [-0.1, -0.05) is 81.6 Å². The van der Waals surface area contributed by atoms with E-state index in [1.165, 1.54) is 18.2 Å². The SMILES string of the molecule is CCOC(CN(C(=O)C(Cc1ccc(Br)cc1)NC(=O)C(CNS(=O)(=O)c1ccc(Cl)cc1Cl)NC(=O)OCc1ccccc1)C1CC1)OCC. The lowest BCUT2D eigenvalue weighted by molar-refractivity contribution is -0.161. The number of alkyl carbamates (subject to hydrolysis) is 1. The minimum Gasteiger partial charge on any atom is -0.445 e. The lowest BCUT2D eigenvalue weighted by Gasteiger charge is -2.31. The summed E-state index contributed by atoms with van der Waals surface area (Å²) >= 11 is 15.5. The summed E-state index contributed by atoms with van der Waals surface area (Å²) in [5, 5.41) is 5.33. The number of carbonyl (C=O) groups excluding carboxylic acids is 3. The quantitative estimate of drug-likeness (QED) is 0.135. The average Bonchev–Trinajstić information content (AvgIpc) is 3.94. The molecule has 0 aromatic heterocycles. The normalized spacial score (nSPS) is 14.1. The Morgan fingerprint density at radius 3 is 2.18 bits per heavy atom. The van der Waals surface area contributed by atoms with Crippen LogP contribution in [-0.2, 0) is 46.9 Å². The fourth-order valence-corrected chi connectivity index (χ4v) is 7.18. The van der Waals surface area contributed by atoms with Crippen LogP contribution >= 0.6 is 39.1 Å². The van der Waals surface area contributed by atoms with Crippen LogP contribution in [0.15, 0.2) is 82.2 Å². The number of hydrogen-bond donors (Lipinski definition) is 3. The highest BCUT2D eigenvalue weighted by Gasteiger charge is 2.39. The van der Waals surface area contributed by atoms with Gasteiger partial charge in [-0.2, -0.15) is 0 Å². The van der Waals surface area contributed by atoms with E-state index in [-0.39, 0.29) is 46.5 Å². The third-order valence-electron chi connectivity index (χ3n) is 7.77. The van der Waals surface area contributed by atoms with Crippen molar-refractivity contribution >= 4 is 67.1 Å².